The molecule has 0 aliphatic rings. The summed E-state index contributed by atoms with van der Waals surface area (Å²) in [6, 6.07) is 9.25. The molecular formula is C51H138O21Si21. The largest absolute Gasteiger partial charge is 0.496 e. The highest BCUT2D eigenvalue weighted by Gasteiger charge is 2.55. The van der Waals surface area contributed by atoms with Gasteiger partial charge in [-0.1, -0.05) is 24.7 Å². The highest BCUT2D eigenvalue weighted by molar-refractivity contribution is 6.96. The van der Waals surface area contributed by atoms with E-state index in [2.05, 4.69) is 281 Å². The van der Waals surface area contributed by atoms with Crippen LogP contribution in [0.15, 0.2) is 24.3 Å². The average Bonchev–Trinajstić information content (AvgIpc) is 0.999. The van der Waals surface area contributed by atoms with E-state index in [0.29, 0.717) is 0 Å². The van der Waals surface area contributed by atoms with Gasteiger partial charge in [-0.05, 0) is 292 Å². The molecule has 0 saturated carbocycles. The Morgan fingerprint density at radius 2 is 0.419 bits per heavy atom. The van der Waals surface area contributed by atoms with Crippen LogP contribution >= 0.6 is 0 Å². The topological polar surface area (TPSA) is 194 Å². The van der Waals surface area contributed by atoms with E-state index in [1.807, 2.05) is 12.1 Å². The van der Waals surface area contributed by atoms with Gasteiger partial charge >= 0.3 is 163 Å². The van der Waals surface area contributed by atoms with E-state index in [9.17, 15) is 0 Å². The average molecular weight is 1680 g/mol. The first kappa shape index (κ1) is 93.8. The third-order valence-corrected chi connectivity index (χ3v) is 92.7. The number of aryl methyl sites for hydroxylation is 1. The molecule has 0 aliphatic heterocycles. The molecule has 0 spiro atoms. The zero-order valence-corrected chi connectivity index (χ0v) is 88.1. The second kappa shape index (κ2) is 33.5. The van der Waals surface area contributed by atoms with E-state index in [1.165, 1.54) is 5.56 Å². The molecule has 552 valence electrons. The smallest absolute Gasteiger partial charge is 0.314 e. The van der Waals surface area contributed by atoms with E-state index in [4.69, 9.17) is 87.0 Å². The number of benzene rings is 1. The van der Waals surface area contributed by atoms with Gasteiger partial charge in [0.15, 0.2) is 8.32 Å². The number of ether oxygens (including phenoxy) is 1. The molecule has 1 aromatic rings. The SMILES string of the molecule is COc1ccccc1CCC[Si](C)(C)O[Si](C)(C)O[Si](C)(C)O[Si](C)(C)O[Si](C)(C)O[Si](C)(C)O[Si](C)(C)O[Si](C)(C)O[Si](C)(C)O[Si](C)(C)O[Si](C)(C)O[Si](C)(C)O[Si](C)(C)O[Si](C)(C)O[Si](C)(C)O[Si](C)(C)O[Si](C)(C)O[Si](C)(C)O[Si](C)(C)O[Si](C)(C)O[SiH2]C. The lowest BCUT2D eigenvalue weighted by atomic mass is 10.1. The number of para-hydroxylation sites is 1. The molecule has 0 amide bonds. The molecule has 21 nitrogen and oxygen atoms in total. The van der Waals surface area contributed by atoms with Gasteiger partial charge in [0.25, 0.3) is 0 Å². The number of rotatable bonds is 45. The van der Waals surface area contributed by atoms with Gasteiger partial charge < -0.3 is 87.0 Å². The lowest BCUT2D eigenvalue weighted by molar-refractivity contribution is 0.250. The Morgan fingerprint density at radius 3 is 0.602 bits per heavy atom. The molecule has 1 rings (SSSR count). The molecule has 0 saturated heterocycles. The lowest BCUT2D eigenvalue weighted by Crippen LogP contribution is -2.63. The molecule has 0 radical (unpaired) electrons. The van der Waals surface area contributed by atoms with Crippen LogP contribution in [-0.2, 0) is 88.7 Å². The van der Waals surface area contributed by atoms with E-state index in [1.54, 1.807) is 7.11 Å². The van der Waals surface area contributed by atoms with Crippen LogP contribution in [0.1, 0.15) is 12.0 Å². The van der Waals surface area contributed by atoms with Crippen molar-refractivity contribution in [1.82, 2.24) is 0 Å². The van der Waals surface area contributed by atoms with Crippen molar-refractivity contribution in [2.45, 2.75) is 287 Å². The van der Waals surface area contributed by atoms with Gasteiger partial charge in [0, 0.05) is 0 Å². The third kappa shape index (κ3) is 41.2. The molecule has 93 heavy (non-hydrogen) atoms. The molecule has 0 bridgehead atoms. The fourth-order valence-electron chi connectivity index (χ4n) is 13.7. The Hall–Kier alpha value is 2.77. The van der Waals surface area contributed by atoms with Crippen molar-refractivity contribution in [2.24, 2.45) is 0 Å². The van der Waals surface area contributed by atoms with Gasteiger partial charge in [0.1, 0.15) is 15.5 Å². The van der Waals surface area contributed by atoms with Gasteiger partial charge in [-0.25, -0.2) is 0 Å². The first-order valence-corrected chi connectivity index (χ1v) is 91.7. The Morgan fingerprint density at radius 1 is 0.247 bits per heavy atom. The highest BCUT2D eigenvalue weighted by atomic mass is 28.6. The molecule has 1 aromatic carbocycles. The van der Waals surface area contributed by atoms with Crippen LogP contribution in [0.5, 0.6) is 5.75 Å². The van der Waals surface area contributed by atoms with Crippen molar-refractivity contribution in [3.05, 3.63) is 29.8 Å². The van der Waals surface area contributed by atoms with E-state index in [-0.39, 0.29) is 0 Å². The number of methoxy groups -OCH3 is 1. The van der Waals surface area contributed by atoms with E-state index in [0.717, 1.165) is 24.6 Å². The van der Waals surface area contributed by atoms with Gasteiger partial charge in [0.2, 0.25) is 0 Å². The highest BCUT2D eigenvalue weighted by Crippen LogP contribution is 2.36. The van der Waals surface area contributed by atoms with Crippen molar-refractivity contribution >= 4 is 181 Å². The molecule has 0 fully saturated rings. The Kier molecular flexibility index (Phi) is 33.8. The summed E-state index contributed by atoms with van der Waals surface area (Å²) in [4.78, 5) is 0. The van der Waals surface area contributed by atoms with Gasteiger partial charge in [-0.3, -0.25) is 0 Å². The minimum absolute atomic E-state index is 0.605. The van der Waals surface area contributed by atoms with Crippen LogP contribution in [0.3, 0.4) is 0 Å². The maximum absolute atomic E-state index is 6.98. The summed E-state index contributed by atoms with van der Waals surface area (Å²) in [5.74, 6) is 0.935. The van der Waals surface area contributed by atoms with Gasteiger partial charge in [0.05, 0.1) is 7.11 Å². The summed E-state index contributed by atoms with van der Waals surface area (Å²) in [6.07, 6.45) is 1.97. The van der Waals surface area contributed by atoms with Crippen LogP contribution in [0, 0.1) is 0 Å². The van der Waals surface area contributed by atoms with Crippen molar-refractivity contribution in [3.63, 3.8) is 0 Å². The normalized spacial score (nSPS) is 15.7. The molecule has 0 aliphatic carbocycles. The zero-order chi connectivity index (χ0) is 73.7. The van der Waals surface area contributed by atoms with Crippen molar-refractivity contribution < 1.29 is 87.0 Å². The van der Waals surface area contributed by atoms with Crippen LogP contribution < -0.4 is 4.74 Å². The molecule has 0 atom stereocenters. The molecule has 0 N–H and O–H groups in total. The Balaban J connectivity index is 2.97. The van der Waals surface area contributed by atoms with Crippen molar-refractivity contribution in [1.29, 1.82) is 0 Å². The number of hydrogen-bond acceptors (Lipinski definition) is 21. The summed E-state index contributed by atoms with van der Waals surface area (Å²) in [5.41, 5.74) is 1.22. The monoisotopic (exact) mass is 1670 g/mol. The first-order chi connectivity index (χ1) is 40.5. The summed E-state index contributed by atoms with van der Waals surface area (Å²) >= 11 is 0. The molecule has 0 heterocycles. The second-order valence-corrected chi connectivity index (χ2v) is 108. The fraction of sp³-hybridized carbons (Fsp3) is 0.882. The predicted molar refractivity (Wildman–Crippen MR) is 432 cm³/mol. The lowest BCUT2D eigenvalue weighted by Gasteiger charge is -2.45. The Labute approximate surface area is 592 Å². The standard InChI is InChI=1S/C51H138O21Si21/c1-52-51-48-44-43-46-50(51)47-45-49-74(3,4)54-76(7,8)56-78(11,12)58-80(15,16)60-82(19,20)62-84(23,24)64-86(27,28)66-88(31,32)68-90(35,36)70-92(39,40)72-93(41,42)71-91(37,38)69-89(33,34)67-87(29,30)65-85(25,26)63-83(21,22)61-81(17,18)59-79(13,14)57-77(9,10)55-75(5,6)53-73-2/h43-44,46,48H,45,47,49,73H2,1-42H3. The van der Waals surface area contributed by atoms with E-state index >= 15 is 0 Å². The minimum Gasteiger partial charge on any atom is -0.496 e. The van der Waals surface area contributed by atoms with Crippen LogP contribution in [0.4, 0.5) is 0 Å². The summed E-state index contributed by atoms with van der Waals surface area (Å²) in [6.45, 7) is 85.4. The molecule has 0 unspecified atom stereocenters. The maximum atomic E-state index is 6.98. The van der Waals surface area contributed by atoms with Crippen LogP contribution in [-0.4, -0.2) is 188 Å². The maximum Gasteiger partial charge on any atom is 0.314 e. The first-order valence-electron chi connectivity index (χ1n) is 33.1. The van der Waals surface area contributed by atoms with Crippen LogP contribution in [0.2, 0.25) is 274 Å². The third-order valence-electron chi connectivity index (χ3n) is 12.3. The summed E-state index contributed by atoms with van der Waals surface area (Å²) < 4.78 is 143. The number of hydrogen-bond donors (Lipinski definition) is 0. The van der Waals surface area contributed by atoms with Gasteiger partial charge in [-0.15, -0.1) is 0 Å². The summed E-state index contributed by atoms with van der Waals surface area (Å²) in [7, 11) is -53.6. The van der Waals surface area contributed by atoms with Crippen molar-refractivity contribution in [2.75, 3.05) is 7.11 Å². The van der Waals surface area contributed by atoms with Gasteiger partial charge in [-0.2, -0.15) is 0 Å². The zero-order valence-electron chi connectivity index (χ0n) is 66.7. The quantitative estimate of drug-likeness (QED) is 0.0559. The van der Waals surface area contributed by atoms with Crippen molar-refractivity contribution in [3.8, 4) is 5.75 Å². The molecule has 42 heteroatoms. The van der Waals surface area contributed by atoms with Crippen LogP contribution in [0.25, 0.3) is 0 Å². The predicted octanol–water partition coefficient (Wildman–Crippen LogP) is 16.6. The minimum atomic E-state index is -2.88. The Bertz CT molecular complexity index is 2500. The summed E-state index contributed by atoms with van der Waals surface area (Å²) in [5, 5.41) is 0. The second-order valence-electron chi connectivity index (χ2n) is 33.4. The fourth-order valence-corrected chi connectivity index (χ4v) is 119. The molecular weight excluding hydrogens is 1540 g/mol. The van der Waals surface area contributed by atoms with E-state index < -0.39 is 181 Å². The molecule has 0 aromatic heterocycles.